The predicted octanol–water partition coefficient (Wildman–Crippen LogP) is 2.84. The van der Waals surface area contributed by atoms with E-state index in [9.17, 15) is 8.42 Å². The van der Waals surface area contributed by atoms with Gasteiger partial charge in [0, 0.05) is 18.4 Å². The maximum atomic E-state index is 12.5. The molecule has 5 unspecified atom stereocenters. The maximum absolute atomic E-state index is 12.5. The molecule has 5 atom stereocenters. The molecule has 3 fully saturated rings. The van der Waals surface area contributed by atoms with Crippen LogP contribution in [0.1, 0.15) is 32.1 Å². The first-order valence-corrected chi connectivity index (χ1v) is 9.54. The van der Waals surface area contributed by atoms with Gasteiger partial charge in [-0.05, 0) is 55.4 Å². The first kappa shape index (κ1) is 14.0. The summed E-state index contributed by atoms with van der Waals surface area (Å²) in [7, 11) is -3.57. The van der Waals surface area contributed by atoms with E-state index in [0.29, 0.717) is 5.92 Å². The van der Waals surface area contributed by atoms with Gasteiger partial charge in [-0.25, -0.2) is 13.1 Å². The van der Waals surface area contributed by atoms with Gasteiger partial charge in [-0.15, -0.1) is 0 Å². The zero-order chi connectivity index (χ0) is 14.6. The molecule has 0 aliphatic heterocycles. The first-order chi connectivity index (χ1) is 10.1. The summed E-state index contributed by atoms with van der Waals surface area (Å²) in [6.45, 7) is 0. The minimum atomic E-state index is -3.57. The number of nitrogens with one attached hydrogen (secondary N) is 1. The predicted molar refractivity (Wildman–Crippen MR) is 80.4 cm³/mol. The summed E-state index contributed by atoms with van der Waals surface area (Å²) in [5, 5.41) is 0.236. The summed E-state index contributed by atoms with van der Waals surface area (Å²) >= 11 is 6.00. The molecule has 1 aromatic heterocycles. The largest absolute Gasteiger partial charge is 0.263 e. The normalized spacial score (nSPS) is 37.9. The molecule has 4 rings (SSSR count). The SMILES string of the molecule is O=S(=O)(NC1CC2CC1C1CCCC21)c1cnccc1Cl. The van der Waals surface area contributed by atoms with Crippen LogP contribution in [0.25, 0.3) is 0 Å². The van der Waals surface area contributed by atoms with E-state index in [4.69, 9.17) is 11.6 Å². The van der Waals surface area contributed by atoms with Gasteiger partial charge in [0.15, 0.2) is 0 Å². The van der Waals surface area contributed by atoms with E-state index < -0.39 is 10.0 Å². The lowest BCUT2D eigenvalue weighted by atomic mass is 9.79. The van der Waals surface area contributed by atoms with E-state index >= 15 is 0 Å². The van der Waals surface area contributed by atoms with Gasteiger partial charge in [-0.2, -0.15) is 0 Å². The molecule has 0 spiro atoms. The summed E-state index contributed by atoms with van der Waals surface area (Å²) in [4.78, 5) is 3.98. The summed E-state index contributed by atoms with van der Waals surface area (Å²) in [5.74, 6) is 2.84. The highest BCUT2D eigenvalue weighted by Gasteiger charge is 2.54. The standard InChI is InChI=1S/C15H19ClN2O2S/c16-13-4-5-17-8-15(13)21(19,20)18-14-7-9-6-12(14)11-3-1-2-10(9)11/h4-5,8-12,14,18H,1-3,6-7H2. The molecule has 1 N–H and O–H groups in total. The minimum Gasteiger partial charge on any atom is -0.263 e. The van der Waals surface area contributed by atoms with Crippen molar-refractivity contribution in [3.8, 4) is 0 Å². The Kier molecular flexibility index (Phi) is 3.28. The fourth-order valence-corrected chi connectivity index (χ4v) is 6.76. The molecular formula is C15H19ClN2O2S. The molecule has 4 nitrogen and oxygen atoms in total. The Morgan fingerprint density at radius 3 is 2.81 bits per heavy atom. The Morgan fingerprint density at radius 2 is 2.00 bits per heavy atom. The van der Waals surface area contributed by atoms with Gasteiger partial charge in [0.1, 0.15) is 4.90 Å². The van der Waals surface area contributed by atoms with Crippen LogP contribution in [-0.2, 0) is 10.0 Å². The fourth-order valence-electron chi connectivity index (χ4n) is 5.03. The molecule has 1 aromatic rings. The summed E-state index contributed by atoms with van der Waals surface area (Å²) < 4.78 is 28.0. The molecular weight excluding hydrogens is 308 g/mol. The van der Waals surface area contributed by atoms with E-state index in [2.05, 4.69) is 9.71 Å². The average Bonchev–Trinajstić information content (AvgIpc) is 3.09. The van der Waals surface area contributed by atoms with Crippen LogP contribution in [0.15, 0.2) is 23.4 Å². The Morgan fingerprint density at radius 1 is 1.19 bits per heavy atom. The highest BCUT2D eigenvalue weighted by molar-refractivity contribution is 7.89. The van der Waals surface area contributed by atoms with Crippen LogP contribution in [0.4, 0.5) is 0 Å². The van der Waals surface area contributed by atoms with Crippen molar-refractivity contribution in [2.75, 3.05) is 0 Å². The van der Waals surface area contributed by atoms with Gasteiger partial charge in [0.05, 0.1) is 5.02 Å². The van der Waals surface area contributed by atoms with Crippen molar-refractivity contribution in [1.29, 1.82) is 0 Å². The Bertz CT molecular complexity index is 663. The first-order valence-electron chi connectivity index (χ1n) is 7.68. The van der Waals surface area contributed by atoms with Crippen LogP contribution in [0.3, 0.4) is 0 Å². The topological polar surface area (TPSA) is 59.1 Å². The lowest BCUT2D eigenvalue weighted by Crippen LogP contribution is -2.42. The van der Waals surface area contributed by atoms with Crippen molar-refractivity contribution in [3.05, 3.63) is 23.5 Å². The summed E-state index contributed by atoms with van der Waals surface area (Å²) in [5.41, 5.74) is 0. The molecule has 0 amide bonds. The van der Waals surface area contributed by atoms with Gasteiger partial charge in [0.2, 0.25) is 10.0 Å². The number of rotatable bonds is 3. The number of fused-ring (bicyclic) bond motifs is 5. The van der Waals surface area contributed by atoms with Crippen molar-refractivity contribution in [2.45, 2.75) is 43.0 Å². The molecule has 1 heterocycles. The summed E-state index contributed by atoms with van der Waals surface area (Å²) in [6, 6.07) is 1.60. The zero-order valence-electron chi connectivity index (χ0n) is 11.7. The highest BCUT2D eigenvalue weighted by atomic mass is 35.5. The number of hydrogen-bond acceptors (Lipinski definition) is 3. The van der Waals surface area contributed by atoms with Crippen LogP contribution in [0, 0.1) is 23.7 Å². The van der Waals surface area contributed by atoms with E-state index in [1.807, 2.05) is 0 Å². The lowest BCUT2D eigenvalue weighted by Gasteiger charge is -2.31. The van der Waals surface area contributed by atoms with Gasteiger partial charge in [0.25, 0.3) is 0 Å². The molecule has 0 aromatic carbocycles. The molecule has 114 valence electrons. The van der Waals surface area contributed by atoms with Crippen molar-refractivity contribution >= 4 is 21.6 Å². The average molecular weight is 327 g/mol. The number of sulfonamides is 1. The molecule has 0 saturated heterocycles. The second kappa shape index (κ2) is 4.93. The van der Waals surface area contributed by atoms with Gasteiger partial charge in [-0.1, -0.05) is 18.0 Å². The van der Waals surface area contributed by atoms with Gasteiger partial charge < -0.3 is 0 Å². The third kappa shape index (κ3) is 2.21. The Balaban J connectivity index is 1.56. The fraction of sp³-hybridized carbons (Fsp3) is 0.667. The number of pyridine rings is 1. The van der Waals surface area contributed by atoms with E-state index in [-0.39, 0.29) is 16.0 Å². The Labute approximate surface area is 130 Å². The lowest BCUT2D eigenvalue weighted by molar-refractivity contribution is 0.224. The number of aromatic nitrogens is 1. The Hall–Kier alpha value is -0.650. The van der Waals surface area contributed by atoms with Gasteiger partial charge in [-0.3, -0.25) is 4.98 Å². The molecule has 3 saturated carbocycles. The van der Waals surface area contributed by atoms with Crippen LogP contribution in [0.2, 0.25) is 5.02 Å². The van der Waals surface area contributed by atoms with Crippen molar-refractivity contribution in [3.63, 3.8) is 0 Å². The highest BCUT2D eigenvalue weighted by Crippen LogP contribution is 2.58. The number of halogens is 1. The van der Waals surface area contributed by atoms with Crippen LogP contribution in [0.5, 0.6) is 0 Å². The third-order valence-electron chi connectivity index (χ3n) is 5.76. The smallest absolute Gasteiger partial charge is 0.243 e. The van der Waals surface area contributed by atoms with Crippen molar-refractivity contribution < 1.29 is 8.42 Å². The zero-order valence-corrected chi connectivity index (χ0v) is 13.3. The molecule has 21 heavy (non-hydrogen) atoms. The van der Waals surface area contributed by atoms with Crippen LogP contribution < -0.4 is 4.72 Å². The van der Waals surface area contributed by atoms with Crippen LogP contribution in [-0.4, -0.2) is 19.4 Å². The molecule has 2 bridgehead atoms. The quantitative estimate of drug-likeness (QED) is 0.929. The second-order valence-corrected chi connectivity index (χ2v) is 8.78. The summed E-state index contributed by atoms with van der Waals surface area (Å²) in [6.07, 6.45) is 8.96. The number of hydrogen-bond donors (Lipinski definition) is 1. The molecule has 6 heteroatoms. The van der Waals surface area contributed by atoms with E-state index in [1.165, 1.54) is 44.1 Å². The minimum absolute atomic E-state index is 0.0793. The van der Waals surface area contributed by atoms with Crippen molar-refractivity contribution in [1.82, 2.24) is 9.71 Å². The maximum Gasteiger partial charge on any atom is 0.243 e. The van der Waals surface area contributed by atoms with E-state index in [0.717, 1.165) is 24.2 Å². The van der Waals surface area contributed by atoms with Gasteiger partial charge >= 0.3 is 0 Å². The molecule has 3 aliphatic rings. The monoisotopic (exact) mass is 326 g/mol. The van der Waals surface area contributed by atoms with Crippen molar-refractivity contribution in [2.24, 2.45) is 23.7 Å². The molecule has 3 aliphatic carbocycles. The molecule has 0 radical (unpaired) electrons. The van der Waals surface area contributed by atoms with E-state index in [1.54, 1.807) is 0 Å². The van der Waals surface area contributed by atoms with Crippen LogP contribution >= 0.6 is 11.6 Å². The second-order valence-electron chi connectivity index (χ2n) is 6.69. The number of nitrogens with zero attached hydrogens (tertiary/aromatic N) is 1. The third-order valence-corrected chi connectivity index (χ3v) is 7.72.